The Morgan fingerprint density at radius 3 is 2.59 bits per heavy atom. The van der Waals surface area contributed by atoms with E-state index in [1.807, 2.05) is 24.9 Å². The highest BCUT2D eigenvalue weighted by atomic mass is 19.1. The molecule has 4 rings (SSSR count). The Bertz CT molecular complexity index is 892. The molecule has 1 saturated heterocycles. The number of nitrogens with zero attached hydrogens (tertiary/aromatic N) is 5. The fraction of sp³-hybridized carbons (Fsp3) is 0.316. The zero-order chi connectivity index (χ0) is 19.3. The molecule has 0 spiro atoms. The Labute approximate surface area is 156 Å². The van der Waals surface area contributed by atoms with Crippen molar-refractivity contribution in [2.75, 3.05) is 18.5 Å². The van der Waals surface area contributed by atoms with Gasteiger partial charge in [0.05, 0.1) is 0 Å². The molecule has 8 heteroatoms. The first-order valence-electron chi connectivity index (χ1n) is 8.73. The normalized spacial score (nSPS) is 24.6. The third kappa shape index (κ3) is 2.51. The Kier molecular flexibility index (Phi) is 3.98. The second kappa shape index (κ2) is 6.22. The third-order valence-electron chi connectivity index (χ3n) is 5.00. The summed E-state index contributed by atoms with van der Waals surface area (Å²) >= 11 is 0. The molecule has 2 unspecified atom stereocenters. The summed E-state index contributed by atoms with van der Waals surface area (Å²) in [4.78, 5) is 36.7. The molecule has 3 amide bonds. The van der Waals surface area contributed by atoms with Gasteiger partial charge in [-0.05, 0) is 38.1 Å². The van der Waals surface area contributed by atoms with Crippen LogP contribution >= 0.6 is 0 Å². The number of aliphatic imine (C=N–C) groups is 1. The van der Waals surface area contributed by atoms with E-state index in [1.54, 1.807) is 36.2 Å². The van der Waals surface area contributed by atoms with Crippen LogP contribution in [0.5, 0.6) is 0 Å². The fourth-order valence-corrected chi connectivity index (χ4v) is 3.64. The summed E-state index contributed by atoms with van der Waals surface area (Å²) < 4.78 is 13.3. The molecule has 0 radical (unpaired) electrons. The summed E-state index contributed by atoms with van der Waals surface area (Å²) in [6, 6.07) is 5.12. The van der Waals surface area contributed by atoms with Crippen LogP contribution in [0.4, 0.5) is 14.9 Å². The molecule has 0 saturated carbocycles. The van der Waals surface area contributed by atoms with Gasteiger partial charge in [-0.3, -0.25) is 14.6 Å². The first kappa shape index (κ1) is 17.3. The second-order valence-corrected chi connectivity index (χ2v) is 6.69. The molecule has 0 aliphatic carbocycles. The summed E-state index contributed by atoms with van der Waals surface area (Å²) in [6.45, 7) is 3.98. The van der Waals surface area contributed by atoms with Crippen molar-refractivity contribution in [3.63, 3.8) is 0 Å². The Balaban J connectivity index is 1.70. The standard InChI is InChI=1S/C19H20FN5O2/c1-4-5-10-23-17(26)15-16(22(3)19(23)27)21-18-24(15)11-12(2)25(18)14-8-6-13(20)7-9-14/h4-9,11,15-16H,10H2,1-3H3/b5-4+. The predicted octanol–water partition coefficient (Wildman–Crippen LogP) is 2.34. The van der Waals surface area contributed by atoms with Crippen molar-refractivity contribution in [1.82, 2.24) is 14.7 Å². The summed E-state index contributed by atoms with van der Waals surface area (Å²) in [5, 5.41) is 0. The lowest BCUT2D eigenvalue weighted by atomic mass is 10.1. The maximum absolute atomic E-state index is 13.3. The van der Waals surface area contributed by atoms with E-state index in [1.165, 1.54) is 21.9 Å². The first-order chi connectivity index (χ1) is 12.9. The van der Waals surface area contributed by atoms with E-state index in [0.29, 0.717) is 5.96 Å². The van der Waals surface area contributed by atoms with Gasteiger partial charge in [-0.1, -0.05) is 12.2 Å². The van der Waals surface area contributed by atoms with Crippen LogP contribution in [0.2, 0.25) is 0 Å². The SMILES string of the molecule is C/C=C/CN1C(=O)C2C(N=C3N(c4ccc(F)cc4)C(C)=CN32)N(C)C1=O. The van der Waals surface area contributed by atoms with Crippen molar-refractivity contribution in [1.29, 1.82) is 0 Å². The Hall–Kier alpha value is -3.16. The highest BCUT2D eigenvalue weighted by molar-refractivity contribution is 6.09. The van der Waals surface area contributed by atoms with Gasteiger partial charge in [-0.25, -0.2) is 14.2 Å². The van der Waals surface area contributed by atoms with E-state index in [0.717, 1.165) is 11.4 Å². The molecule has 2 atom stereocenters. The number of carbonyl (C=O) groups excluding carboxylic acids is 2. The van der Waals surface area contributed by atoms with Crippen LogP contribution in [0.15, 0.2) is 53.3 Å². The zero-order valence-electron chi connectivity index (χ0n) is 15.3. The largest absolute Gasteiger partial charge is 0.328 e. The minimum absolute atomic E-state index is 0.231. The van der Waals surface area contributed by atoms with Crippen molar-refractivity contribution in [3.05, 3.63) is 54.1 Å². The van der Waals surface area contributed by atoms with Crippen molar-refractivity contribution < 1.29 is 14.0 Å². The number of guanidine groups is 1. The number of allylic oxidation sites excluding steroid dienone is 2. The van der Waals surface area contributed by atoms with Gasteiger partial charge in [0.15, 0.2) is 12.2 Å². The van der Waals surface area contributed by atoms with Gasteiger partial charge in [0.25, 0.3) is 5.91 Å². The number of hydrogen-bond donors (Lipinski definition) is 0. The molecule has 140 valence electrons. The monoisotopic (exact) mass is 369 g/mol. The molecule has 1 fully saturated rings. The molecular formula is C19H20FN5O2. The average molecular weight is 369 g/mol. The summed E-state index contributed by atoms with van der Waals surface area (Å²) in [5.41, 5.74) is 1.61. The van der Waals surface area contributed by atoms with Crippen molar-refractivity contribution >= 4 is 23.6 Å². The number of likely N-dealkylation sites (N-methyl/N-ethyl adjacent to an activating group) is 1. The van der Waals surface area contributed by atoms with Gasteiger partial charge in [-0.15, -0.1) is 0 Å². The number of amides is 3. The van der Waals surface area contributed by atoms with Gasteiger partial charge in [0.2, 0.25) is 5.96 Å². The van der Waals surface area contributed by atoms with Gasteiger partial charge >= 0.3 is 6.03 Å². The van der Waals surface area contributed by atoms with Crippen molar-refractivity contribution in [2.45, 2.75) is 26.1 Å². The van der Waals surface area contributed by atoms with E-state index in [4.69, 9.17) is 0 Å². The van der Waals surface area contributed by atoms with Crippen LogP contribution in [-0.4, -0.2) is 58.4 Å². The molecule has 3 heterocycles. The van der Waals surface area contributed by atoms with Crippen LogP contribution in [0.25, 0.3) is 0 Å². The van der Waals surface area contributed by atoms with Crippen LogP contribution in [0.3, 0.4) is 0 Å². The summed E-state index contributed by atoms with van der Waals surface area (Å²) in [6.07, 6.45) is 4.84. The number of benzene rings is 1. The van der Waals surface area contributed by atoms with Crippen molar-refractivity contribution in [2.24, 2.45) is 4.99 Å². The van der Waals surface area contributed by atoms with Crippen LogP contribution in [0, 0.1) is 5.82 Å². The topological polar surface area (TPSA) is 59.5 Å². The predicted molar refractivity (Wildman–Crippen MR) is 99.2 cm³/mol. The van der Waals surface area contributed by atoms with E-state index in [-0.39, 0.29) is 24.3 Å². The number of carbonyl (C=O) groups is 2. The lowest BCUT2D eigenvalue weighted by molar-refractivity contribution is -0.136. The summed E-state index contributed by atoms with van der Waals surface area (Å²) in [7, 11) is 1.65. The minimum atomic E-state index is -0.603. The number of urea groups is 1. The molecular weight excluding hydrogens is 349 g/mol. The van der Waals surface area contributed by atoms with Crippen LogP contribution < -0.4 is 4.90 Å². The average Bonchev–Trinajstić information content (AvgIpc) is 3.15. The minimum Gasteiger partial charge on any atom is -0.302 e. The maximum atomic E-state index is 13.3. The number of fused-ring (bicyclic) bond motifs is 3. The zero-order valence-corrected chi connectivity index (χ0v) is 15.3. The maximum Gasteiger partial charge on any atom is 0.328 e. The highest BCUT2D eigenvalue weighted by Crippen LogP contribution is 2.36. The fourth-order valence-electron chi connectivity index (χ4n) is 3.64. The number of imide groups is 1. The first-order valence-corrected chi connectivity index (χ1v) is 8.73. The Morgan fingerprint density at radius 1 is 1.22 bits per heavy atom. The number of anilines is 1. The molecule has 27 heavy (non-hydrogen) atoms. The third-order valence-corrected chi connectivity index (χ3v) is 5.00. The lowest BCUT2D eigenvalue weighted by Gasteiger charge is -2.39. The molecule has 3 aliphatic rings. The van der Waals surface area contributed by atoms with Crippen LogP contribution in [0.1, 0.15) is 13.8 Å². The van der Waals surface area contributed by atoms with Crippen molar-refractivity contribution in [3.8, 4) is 0 Å². The van der Waals surface area contributed by atoms with Crippen LogP contribution in [-0.2, 0) is 4.79 Å². The van der Waals surface area contributed by atoms with Gasteiger partial charge in [0.1, 0.15) is 5.82 Å². The summed E-state index contributed by atoms with van der Waals surface area (Å²) in [5.74, 6) is -0.0291. The smallest absolute Gasteiger partial charge is 0.302 e. The Morgan fingerprint density at radius 2 is 1.93 bits per heavy atom. The van der Waals surface area contributed by atoms with Gasteiger partial charge in [0, 0.05) is 31.2 Å². The number of halogens is 1. The van der Waals surface area contributed by atoms with Gasteiger partial charge < -0.3 is 9.80 Å². The van der Waals surface area contributed by atoms with Gasteiger partial charge in [-0.2, -0.15) is 0 Å². The highest BCUT2D eigenvalue weighted by Gasteiger charge is 2.54. The molecule has 0 aromatic heterocycles. The molecule has 1 aromatic rings. The van der Waals surface area contributed by atoms with E-state index < -0.39 is 12.2 Å². The second-order valence-electron chi connectivity index (χ2n) is 6.69. The molecule has 7 nitrogen and oxygen atoms in total. The molecule has 0 bridgehead atoms. The van der Waals surface area contributed by atoms with E-state index in [9.17, 15) is 14.0 Å². The quantitative estimate of drug-likeness (QED) is 0.768. The van der Waals surface area contributed by atoms with E-state index >= 15 is 0 Å². The lowest BCUT2D eigenvalue weighted by Crippen LogP contribution is -2.64. The molecule has 1 aromatic carbocycles. The van der Waals surface area contributed by atoms with E-state index in [2.05, 4.69) is 4.99 Å². The molecule has 0 N–H and O–H groups in total. The number of rotatable bonds is 3. The number of hydrogen-bond acceptors (Lipinski definition) is 5. The molecule has 3 aliphatic heterocycles.